The zero-order chi connectivity index (χ0) is 18.4. The smallest absolute Gasteiger partial charge is 0.319 e. The first kappa shape index (κ1) is 17.8. The van der Waals surface area contributed by atoms with Gasteiger partial charge in [-0.25, -0.2) is 4.79 Å². The molecule has 0 radical (unpaired) electrons. The maximum absolute atomic E-state index is 12.1. The number of ether oxygens (including phenoxy) is 1. The van der Waals surface area contributed by atoms with E-state index in [0.717, 1.165) is 22.1 Å². The second-order valence-corrected chi connectivity index (χ2v) is 5.88. The van der Waals surface area contributed by atoms with Crippen LogP contribution in [0.1, 0.15) is 18.6 Å². The van der Waals surface area contributed by atoms with Crippen LogP contribution in [0.15, 0.2) is 66.7 Å². The van der Waals surface area contributed by atoms with Gasteiger partial charge in [-0.15, -0.1) is 0 Å². The van der Waals surface area contributed by atoms with E-state index in [1.807, 2.05) is 49.4 Å². The normalized spacial score (nSPS) is 11.8. The SMILES string of the molecule is CCOc1ccc(NC(=O)NCC(O)c2cccc3ccccc23)cc1. The second kappa shape index (κ2) is 8.36. The Morgan fingerprint density at radius 1 is 1.04 bits per heavy atom. The van der Waals surface area contributed by atoms with E-state index >= 15 is 0 Å². The van der Waals surface area contributed by atoms with Gasteiger partial charge in [-0.1, -0.05) is 42.5 Å². The van der Waals surface area contributed by atoms with Crippen molar-refractivity contribution < 1.29 is 14.6 Å². The number of urea groups is 1. The second-order valence-electron chi connectivity index (χ2n) is 5.88. The van der Waals surface area contributed by atoms with Crippen LogP contribution >= 0.6 is 0 Å². The van der Waals surface area contributed by atoms with Gasteiger partial charge in [0.15, 0.2) is 0 Å². The summed E-state index contributed by atoms with van der Waals surface area (Å²) in [5, 5.41) is 18.0. The maximum atomic E-state index is 12.1. The fourth-order valence-electron chi connectivity index (χ4n) is 2.82. The van der Waals surface area contributed by atoms with Gasteiger partial charge in [0.05, 0.1) is 12.7 Å². The Labute approximate surface area is 152 Å². The molecule has 3 aromatic rings. The number of hydrogen-bond acceptors (Lipinski definition) is 3. The van der Waals surface area contributed by atoms with Gasteiger partial charge >= 0.3 is 6.03 Å². The first-order valence-electron chi connectivity index (χ1n) is 8.61. The lowest BCUT2D eigenvalue weighted by Gasteiger charge is -2.15. The molecule has 0 saturated carbocycles. The van der Waals surface area contributed by atoms with Crippen LogP contribution in [0.5, 0.6) is 5.75 Å². The molecule has 0 aromatic heterocycles. The molecule has 2 amide bonds. The van der Waals surface area contributed by atoms with Crippen molar-refractivity contribution in [1.82, 2.24) is 5.32 Å². The van der Waals surface area contributed by atoms with Gasteiger partial charge in [0.1, 0.15) is 5.75 Å². The number of amides is 2. The predicted octanol–water partition coefficient (Wildman–Crippen LogP) is 4.09. The van der Waals surface area contributed by atoms with Crippen LogP contribution in [-0.2, 0) is 0 Å². The molecule has 0 spiro atoms. The molecule has 3 N–H and O–H groups in total. The highest BCUT2D eigenvalue weighted by Gasteiger charge is 2.12. The van der Waals surface area contributed by atoms with Gasteiger partial charge in [-0.05, 0) is 47.5 Å². The third-order valence-electron chi connectivity index (χ3n) is 4.06. The van der Waals surface area contributed by atoms with Crippen molar-refractivity contribution in [3.63, 3.8) is 0 Å². The van der Waals surface area contributed by atoms with Gasteiger partial charge in [0.2, 0.25) is 0 Å². The first-order chi connectivity index (χ1) is 12.7. The molecule has 1 unspecified atom stereocenters. The summed E-state index contributed by atoms with van der Waals surface area (Å²) in [6, 6.07) is 20.4. The molecule has 0 saturated heterocycles. The highest BCUT2D eigenvalue weighted by Crippen LogP contribution is 2.24. The lowest BCUT2D eigenvalue weighted by molar-refractivity contribution is 0.176. The van der Waals surface area contributed by atoms with E-state index < -0.39 is 6.10 Å². The van der Waals surface area contributed by atoms with Gasteiger partial charge in [-0.2, -0.15) is 0 Å². The van der Waals surface area contributed by atoms with Gasteiger partial charge in [0, 0.05) is 12.2 Å². The van der Waals surface area contributed by atoms with Crippen LogP contribution in [-0.4, -0.2) is 24.3 Å². The van der Waals surface area contributed by atoms with Gasteiger partial charge in [0.25, 0.3) is 0 Å². The van der Waals surface area contributed by atoms with E-state index in [1.54, 1.807) is 24.3 Å². The molecule has 3 aromatic carbocycles. The molecule has 0 aliphatic heterocycles. The number of aliphatic hydroxyl groups excluding tert-OH is 1. The van der Waals surface area contributed by atoms with E-state index in [9.17, 15) is 9.90 Å². The highest BCUT2D eigenvalue weighted by molar-refractivity contribution is 5.89. The molecule has 0 heterocycles. The quantitative estimate of drug-likeness (QED) is 0.627. The molecular weight excluding hydrogens is 328 g/mol. The fraction of sp³-hybridized carbons (Fsp3) is 0.190. The summed E-state index contributed by atoms with van der Waals surface area (Å²) < 4.78 is 5.37. The molecule has 134 valence electrons. The Morgan fingerprint density at radius 3 is 2.54 bits per heavy atom. The summed E-state index contributed by atoms with van der Waals surface area (Å²) in [7, 11) is 0. The summed E-state index contributed by atoms with van der Waals surface area (Å²) in [6.07, 6.45) is -0.785. The Kier molecular flexibility index (Phi) is 5.71. The molecule has 3 rings (SSSR count). The van der Waals surface area contributed by atoms with Crippen LogP contribution in [0.2, 0.25) is 0 Å². The number of aliphatic hydroxyl groups is 1. The number of carbonyl (C=O) groups excluding carboxylic acids is 1. The Morgan fingerprint density at radius 2 is 1.77 bits per heavy atom. The van der Waals surface area contributed by atoms with Crippen molar-refractivity contribution >= 4 is 22.5 Å². The highest BCUT2D eigenvalue weighted by atomic mass is 16.5. The van der Waals surface area contributed by atoms with Crippen molar-refractivity contribution in [2.45, 2.75) is 13.0 Å². The van der Waals surface area contributed by atoms with Crippen molar-refractivity contribution in [2.24, 2.45) is 0 Å². The molecule has 0 bridgehead atoms. The molecule has 0 aliphatic carbocycles. The molecule has 0 fully saturated rings. The number of anilines is 1. The summed E-state index contributed by atoms with van der Waals surface area (Å²) >= 11 is 0. The van der Waals surface area contributed by atoms with Crippen LogP contribution in [0.4, 0.5) is 10.5 Å². The predicted molar refractivity (Wildman–Crippen MR) is 104 cm³/mol. The summed E-state index contributed by atoms with van der Waals surface area (Å²) in [5.74, 6) is 0.754. The number of hydrogen-bond donors (Lipinski definition) is 3. The number of benzene rings is 3. The molecule has 5 heteroatoms. The molecule has 0 aliphatic rings. The average Bonchev–Trinajstić information content (AvgIpc) is 2.67. The Hall–Kier alpha value is -3.05. The number of carbonyl (C=O) groups is 1. The molecule has 5 nitrogen and oxygen atoms in total. The van der Waals surface area contributed by atoms with Crippen molar-refractivity contribution in [1.29, 1.82) is 0 Å². The van der Waals surface area contributed by atoms with Crippen molar-refractivity contribution in [3.8, 4) is 5.75 Å². The van der Waals surface area contributed by atoms with Crippen molar-refractivity contribution in [3.05, 3.63) is 72.3 Å². The van der Waals surface area contributed by atoms with E-state index in [4.69, 9.17) is 4.74 Å². The van der Waals surface area contributed by atoms with E-state index in [-0.39, 0.29) is 12.6 Å². The zero-order valence-corrected chi connectivity index (χ0v) is 14.6. The molecule has 26 heavy (non-hydrogen) atoms. The lowest BCUT2D eigenvalue weighted by atomic mass is 10.0. The van der Waals surface area contributed by atoms with Crippen LogP contribution < -0.4 is 15.4 Å². The summed E-state index contributed by atoms with van der Waals surface area (Å²) in [5.41, 5.74) is 1.45. The molecular formula is C21H22N2O3. The Balaban J connectivity index is 1.58. The summed E-state index contributed by atoms with van der Waals surface area (Å²) in [6.45, 7) is 2.64. The van der Waals surface area contributed by atoms with Crippen LogP contribution in [0, 0.1) is 0 Å². The van der Waals surface area contributed by atoms with E-state index in [0.29, 0.717) is 12.3 Å². The first-order valence-corrected chi connectivity index (χ1v) is 8.61. The minimum Gasteiger partial charge on any atom is -0.494 e. The summed E-state index contributed by atoms with van der Waals surface area (Å²) in [4.78, 5) is 12.1. The average molecular weight is 350 g/mol. The van der Waals surface area contributed by atoms with E-state index in [1.165, 1.54) is 0 Å². The topological polar surface area (TPSA) is 70.6 Å². The minimum atomic E-state index is -0.785. The fourth-order valence-corrected chi connectivity index (χ4v) is 2.82. The largest absolute Gasteiger partial charge is 0.494 e. The maximum Gasteiger partial charge on any atom is 0.319 e. The molecule has 1 atom stereocenters. The zero-order valence-electron chi connectivity index (χ0n) is 14.6. The lowest BCUT2D eigenvalue weighted by Crippen LogP contribution is -2.32. The number of rotatable bonds is 6. The third-order valence-corrected chi connectivity index (χ3v) is 4.06. The number of fused-ring (bicyclic) bond motifs is 1. The van der Waals surface area contributed by atoms with Gasteiger partial charge < -0.3 is 20.5 Å². The van der Waals surface area contributed by atoms with Crippen molar-refractivity contribution in [2.75, 3.05) is 18.5 Å². The van der Waals surface area contributed by atoms with E-state index in [2.05, 4.69) is 10.6 Å². The van der Waals surface area contributed by atoms with Crippen LogP contribution in [0.3, 0.4) is 0 Å². The minimum absolute atomic E-state index is 0.122. The Bertz CT molecular complexity index is 873. The standard InChI is InChI=1S/C21H22N2O3/c1-2-26-17-12-10-16(11-13-17)23-21(25)22-14-20(24)19-9-5-7-15-6-3-4-8-18(15)19/h3-13,20,24H,2,14H2,1H3,(H2,22,23,25). The third kappa shape index (κ3) is 4.32. The van der Waals surface area contributed by atoms with Gasteiger partial charge in [-0.3, -0.25) is 0 Å². The monoisotopic (exact) mass is 350 g/mol. The number of nitrogens with one attached hydrogen (secondary N) is 2. The van der Waals surface area contributed by atoms with Crippen LogP contribution in [0.25, 0.3) is 10.8 Å².